The van der Waals surface area contributed by atoms with Gasteiger partial charge in [0.25, 0.3) is 5.91 Å². The number of carbonyl (C=O) groups is 2. The highest BCUT2D eigenvalue weighted by molar-refractivity contribution is 6.02. The van der Waals surface area contributed by atoms with Crippen molar-refractivity contribution >= 4 is 39.6 Å². The van der Waals surface area contributed by atoms with Crippen LogP contribution in [0.1, 0.15) is 47.9 Å². The zero-order chi connectivity index (χ0) is 25.9. The van der Waals surface area contributed by atoms with Crippen molar-refractivity contribution in [3.05, 3.63) is 77.6 Å². The Morgan fingerprint density at radius 2 is 1.84 bits per heavy atom. The Labute approximate surface area is 214 Å². The third-order valence-corrected chi connectivity index (χ3v) is 6.53. The number of carbonyl (C=O) groups excluding carboxylic acids is 2. The first-order chi connectivity index (χ1) is 17.9. The summed E-state index contributed by atoms with van der Waals surface area (Å²) in [5.74, 6) is 0.938. The normalized spacial score (nSPS) is 12.2. The van der Waals surface area contributed by atoms with E-state index in [1.165, 1.54) is 0 Å². The van der Waals surface area contributed by atoms with Gasteiger partial charge >= 0.3 is 0 Å². The third-order valence-electron chi connectivity index (χ3n) is 6.53. The van der Waals surface area contributed by atoms with Crippen LogP contribution in [0.5, 0.6) is 0 Å². The summed E-state index contributed by atoms with van der Waals surface area (Å²) in [6.45, 7) is 3.84. The van der Waals surface area contributed by atoms with Gasteiger partial charge in [0, 0.05) is 34.1 Å². The summed E-state index contributed by atoms with van der Waals surface area (Å²) in [6.07, 6.45) is 2.47. The Bertz CT molecular complexity index is 1580. The summed E-state index contributed by atoms with van der Waals surface area (Å²) in [4.78, 5) is 41.4. The van der Waals surface area contributed by atoms with Gasteiger partial charge in [-0.25, -0.2) is 9.97 Å². The van der Waals surface area contributed by atoms with Gasteiger partial charge < -0.3 is 21.0 Å². The second kappa shape index (κ2) is 10.3. The molecular formula is C29H30N6O2. The molecule has 1 atom stereocenters. The molecule has 37 heavy (non-hydrogen) atoms. The van der Waals surface area contributed by atoms with Crippen LogP contribution in [0.2, 0.25) is 0 Å². The quantitative estimate of drug-likeness (QED) is 0.227. The molecule has 3 heterocycles. The maximum absolute atomic E-state index is 13.2. The van der Waals surface area contributed by atoms with E-state index in [9.17, 15) is 9.59 Å². The molecule has 3 aromatic heterocycles. The van der Waals surface area contributed by atoms with Crippen LogP contribution < -0.4 is 11.1 Å². The molecule has 0 radical (unpaired) electrons. The number of Topliss-reactive ketones (excluding diaryl/α,β-unsaturated/α-hetero) is 1. The van der Waals surface area contributed by atoms with Crippen molar-refractivity contribution in [3.63, 3.8) is 0 Å². The van der Waals surface area contributed by atoms with E-state index in [1.54, 1.807) is 12.1 Å². The van der Waals surface area contributed by atoms with Crippen LogP contribution in [-0.4, -0.2) is 37.7 Å². The highest BCUT2D eigenvalue weighted by Crippen LogP contribution is 2.30. The average molecular weight is 495 g/mol. The smallest absolute Gasteiger partial charge is 0.251 e. The van der Waals surface area contributed by atoms with Crippen LogP contribution in [0.3, 0.4) is 0 Å². The largest absolute Gasteiger partial charge is 0.384 e. The average Bonchev–Trinajstić information content (AvgIpc) is 3.48. The molecule has 5 rings (SSSR count). The number of rotatable bonds is 9. The monoisotopic (exact) mass is 494 g/mol. The van der Waals surface area contributed by atoms with E-state index in [-0.39, 0.29) is 11.7 Å². The molecule has 0 aliphatic carbocycles. The van der Waals surface area contributed by atoms with Crippen molar-refractivity contribution in [1.82, 2.24) is 25.3 Å². The number of aromatic amines is 2. The predicted molar refractivity (Wildman–Crippen MR) is 146 cm³/mol. The lowest BCUT2D eigenvalue weighted by Gasteiger charge is -2.18. The number of amides is 1. The Kier molecular flexibility index (Phi) is 6.72. The minimum atomic E-state index is -0.526. The summed E-state index contributed by atoms with van der Waals surface area (Å²) in [5, 5.41) is 3.87. The van der Waals surface area contributed by atoms with Crippen molar-refractivity contribution in [1.29, 1.82) is 0 Å². The van der Waals surface area contributed by atoms with Gasteiger partial charge in [-0.3, -0.25) is 9.59 Å². The lowest BCUT2D eigenvalue weighted by molar-refractivity contribution is -0.121. The minimum Gasteiger partial charge on any atom is -0.384 e. The molecule has 1 amide bonds. The first-order valence-corrected chi connectivity index (χ1v) is 12.5. The van der Waals surface area contributed by atoms with Crippen LogP contribution in [0.25, 0.3) is 33.3 Å². The number of pyridine rings is 1. The summed E-state index contributed by atoms with van der Waals surface area (Å²) in [6, 6.07) is 18.7. The van der Waals surface area contributed by atoms with Gasteiger partial charge in [-0.1, -0.05) is 37.3 Å². The van der Waals surface area contributed by atoms with Crippen LogP contribution in [0, 0.1) is 6.92 Å². The Balaban J connectivity index is 1.39. The van der Waals surface area contributed by atoms with Crippen molar-refractivity contribution in [2.75, 3.05) is 5.73 Å². The van der Waals surface area contributed by atoms with Crippen LogP contribution >= 0.6 is 0 Å². The van der Waals surface area contributed by atoms with E-state index < -0.39 is 6.04 Å². The van der Waals surface area contributed by atoms with Gasteiger partial charge in [-0.05, 0) is 62.1 Å². The van der Waals surface area contributed by atoms with Gasteiger partial charge in [-0.15, -0.1) is 0 Å². The number of nitrogens with two attached hydrogens (primary N) is 1. The summed E-state index contributed by atoms with van der Waals surface area (Å²) in [7, 11) is 0. The number of anilines is 1. The third kappa shape index (κ3) is 5.23. The van der Waals surface area contributed by atoms with E-state index in [4.69, 9.17) is 5.73 Å². The number of aromatic nitrogens is 4. The first kappa shape index (κ1) is 24.2. The summed E-state index contributed by atoms with van der Waals surface area (Å²) in [5.41, 5.74) is 11.6. The molecule has 5 aromatic rings. The van der Waals surface area contributed by atoms with Crippen LogP contribution in [0.15, 0.2) is 60.7 Å². The molecule has 0 aliphatic heterocycles. The Morgan fingerprint density at radius 1 is 1.03 bits per heavy atom. The van der Waals surface area contributed by atoms with E-state index in [0.717, 1.165) is 51.9 Å². The molecule has 5 N–H and O–H groups in total. The minimum absolute atomic E-state index is 0.0610. The molecule has 8 nitrogen and oxygen atoms in total. The lowest BCUT2D eigenvalue weighted by Crippen LogP contribution is -2.41. The number of nitrogen functional groups attached to an aromatic ring is 1. The fourth-order valence-corrected chi connectivity index (χ4v) is 4.69. The van der Waals surface area contributed by atoms with Crippen molar-refractivity contribution in [2.24, 2.45) is 0 Å². The van der Waals surface area contributed by atoms with E-state index in [0.29, 0.717) is 29.9 Å². The zero-order valence-corrected chi connectivity index (χ0v) is 21.0. The van der Waals surface area contributed by atoms with Gasteiger partial charge in [0.05, 0.1) is 11.6 Å². The van der Waals surface area contributed by atoms with Gasteiger partial charge in [0.1, 0.15) is 11.6 Å². The number of nitrogens with one attached hydrogen (secondary N) is 3. The standard InChI is InChI=1S/C29H30N6O2/c1-3-7-25(36)23(12-10-18-8-5-4-6-9-18)34-29(37)19-11-13-22-20(14-19)15-24(33-22)21-16-26(30)35-28-27(21)31-17(2)32-28/h4-6,8-9,11,13-16,23,33H,3,7,10,12H2,1-2H3,(H,34,37)(H3,30,31,32,35). The fourth-order valence-electron chi connectivity index (χ4n) is 4.69. The number of benzene rings is 2. The zero-order valence-electron chi connectivity index (χ0n) is 21.0. The number of hydrogen-bond donors (Lipinski definition) is 4. The molecule has 0 saturated heterocycles. The number of H-pyrrole nitrogens is 2. The number of nitrogens with zero attached hydrogens (tertiary/aromatic N) is 2. The second-order valence-corrected chi connectivity index (χ2v) is 9.37. The van der Waals surface area contributed by atoms with Crippen LogP contribution in [0.4, 0.5) is 5.82 Å². The summed E-state index contributed by atoms with van der Waals surface area (Å²) >= 11 is 0. The van der Waals surface area contributed by atoms with Gasteiger partial charge in [0.15, 0.2) is 11.4 Å². The summed E-state index contributed by atoms with van der Waals surface area (Å²) < 4.78 is 0. The van der Waals surface area contributed by atoms with Crippen molar-refractivity contribution < 1.29 is 9.59 Å². The molecule has 0 fully saturated rings. The number of imidazole rings is 1. The molecule has 8 heteroatoms. The Morgan fingerprint density at radius 3 is 2.62 bits per heavy atom. The molecule has 1 unspecified atom stereocenters. The maximum atomic E-state index is 13.2. The molecule has 0 bridgehead atoms. The predicted octanol–water partition coefficient (Wildman–Crippen LogP) is 5.10. The highest BCUT2D eigenvalue weighted by atomic mass is 16.2. The maximum Gasteiger partial charge on any atom is 0.251 e. The lowest BCUT2D eigenvalue weighted by atomic mass is 9.99. The molecular weight excluding hydrogens is 464 g/mol. The number of aryl methyl sites for hydroxylation is 2. The second-order valence-electron chi connectivity index (χ2n) is 9.37. The molecule has 188 valence electrons. The number of fused-ring (bicyclic) bond motifs is 2. The SMILES string of the molecule is CCCC(=O)C(CCc1ccccc1)NC(=O)c1ccc2[nH]c(-c3cc(N)nc4nc(C)[nH]c34)cc2c1. The molecule has 0 spiro atoms. The van der Waals surface area contributed by atoms with E-state index in [2.05, 4.69) is 25.3 Å². The highest BCUT2D eigenvalue weighted by Gasteiger charge is 2.21. The molecule has 2 aromatic carbocycles. The van der Waals surface area contributed by atoms with Crippen LogP contribution in [-0.2, 0) is 11.2 Å². The Hall–Kier alpha value is -4.46. The number of hydrogen-bond acceptors (Lipinski definition) is 5. The van der Waals surface area contributed by atoms with Gasteiger partial charge in [-0.2, -0.15) is 0 Å². The number of ketones is 1. The van der Waals surface area contributed by atoms with Crippen molar-refractivity contribution in [3.8, 4) is 11.3 Å². The van der Waals surface area contributed by atoms with E-state index in [1.807, 2.05) is 62.4 Å². The fraction of sp³-hybridized carbons (Fsp3) is 0.241. The van der Waals surface area contributed by atoms with Gasteiger partial charge in [0.2, 0.25) is 0 Å². The van der Waals surface area contributed by atoms with Crippen molar-refractivity contribution in [2.45, 2.75) is 45.6 Å². The topological polar surface area (TPSA) is 130 Å². The first-order valence-electron chi connectivity index (χ1n) is 12.5. The molecule has 0 aliphatic rings. The van der Waals surface area contributed by atoms with E-state index >= 15 is 0 Å². The molecule has 0 saturated carbocycles.